The van der Waals surface area contributed by atoms with Crippen molar-refractivity contribution in [3.05, 3.63) is 40.5 Å². The van der Waals surface area contributed by atoms with Crippen LogP contribution in [0.1, 0.15) is 16.8 Å². The number of rotatable bonds is 4. The summed E-state index contributed by atoms with van der Waals surface area (Å²) in [5.74, 6) is 0. The highest BCUT2D eigenvalue weighted by atomic mass is 32.1. The van der Waals surface area contributed by atoms with E-state index in [1.165, 1.54) is 27.3 Å². The van der Waals surface area contributed by atoms with Gasteiger partial charge in [0.05, 0.1) is 16.1 Å². The van der Waals surface area contributed by atoms with E-state index in [0.29, 0.717) is 0 Å². The van der Waals surface area contributed by atoms with Crippen molar-refractivity contribution in [2.45, 2.75) is 20.3 Å². The number of nitrogens with one attached hydrogen (secondary N) is 1. The lowest BCUT2D eigenvalue weighted by atomic mass is 10.0. The predicted octanol–water partition coefficient (Wildman–Crippen LogP) is 3.19. The minimum atomic E-state index is 0.974. The first kappa shape index (κ1) is 12.3. The maximum atomic E-state index is 4.48. The van der Waals surface area contributed by atoms with E-state index < -0.39 is 0 Å². The van der Waals surface area contributed by atoms with Crippen LogP contribution in [0.25, 0.3) is 10.4 Å². The third kappa shape index (κ3) is 2.73. The highest BCUT2D eigenvalue weighted by Crippen LogP contribution is 2.31. The Morgan fingerprint density at radius 1 is 1.29 bits per heavy atom. The van der Waals surface area contributed by atoms with Crippen LogP contribution in [-0.4, -0.2) is 18.6 Å². The van der Waals surface area contributed by atoms with E-state index in [-0.39, 0.29) is 0 Å². The smallest absolute Gasteiger partial charge is 0.0801 e. The molecule has 0 aliphatic rings. The Morgan fingerprint density at radius 2 is 2.12 bits per heavy atom. The number of likely N-dealkylation sites (N-methyl/N-ethyl adjacent to an activating group) is 1. The molecule has 1 aromatic heterocycles. The molecule has 90 valence electrons. The molecule has 0 aliphatic carbocycles. The van der Waals surface area contributed by atoms with Gasteiger partial charge in [0.15, 0.2) is 0 Å². The molecule has 0 radical (unpaired) electrons. The fourth-order valence-electron chi connectivity index (χ4n) is 1.89. The van der Waals surface area contributed by atoms with Gasteiger partial charge in [-0.05, 0) is 32.0 Å². The molecular formula is C14H18N2S. The largest absolute Gasteiger partial charge is 0.319 e. The molecule has 0 saturated carbocycles. The van der Waals surface area contributed by atoms with Crippen molar-refractivity contribution in [2.24, 2.45) is 0 Å². The second-order valence-corrected chi connectivity index (χ2v) is 5.15. The Bertz CT molecular complexity index is 503. The van der Waals surface area contributed by atoms with Gasteiger partial charge in [0.1, 0.15) is 0 Å². The zero-order valence-corrected chi connectivity index (χ0v) is 11.4. The molecule has 1 aromatic carbocycles. The zero-order valence-electron chi connectivity index (χ0n) is 10.6. The second-order valence-electron chi connectivity index (χ2n) is 4.30. The summed E-state index contributed by atoms with van der Waals surface area (Å²) in [5, 5.41) is 3.18. The van der Waals surface area contributed by atoms with Gasteiger partial charge in [-0.25, -0.2) is 4.98 Å². The maximum Gasteiger partial charge on any atom is 0.0801 e. The van der Waals surface area contributed by atoms with Gasteiger partial charge in [-0.3, -0.25) is 0 Å². The molecule has 2 aromatic rings. The summed E-state index contributed by atoms with van der Waals surface area (Å²) in [5.41, 5.74) is 7.11. The fraction of sp³-hybridized carbons (Fsp3) is 0.357. The minimum Gasteiger partial charge on any atom is -0.319 e. The second kappa shape index (κ2) is 5.43. The quantitative estimate of drug-likeness (QED) is 0.896. The lowest BCUT2D eigenvalue weighted by Gasteiger charge is -2.07. The van der Waals surface area contributed by atoms with Crippen molar-refractivity contribution in [3.8, 4) is 10.4 Å². The van der Waals surface area contributed by atoms with Crippen molar-refractivity contribution >= 4 is 11.3 Å². The Morgan fingerprint density at radius 3 is 2.88 bits per heavy atom. The molecule has 0 saturated heterocycles. The molecule has 0 bridgehead atoms. The average molecular weight is 246 g/mol. The standard InChI is InChI=1S/C14H18N2S/c1-10-4-5-11(2)12(8-10)14-13(6-7-15-3)16-9-17-14/h4-5,8-9,15H,6-7H2,1-3H3. The summed E-state index contributed by atoms with van der Waals surface area (Å²) in [7, 11) is 1.98. The summed E-state index contributed by atoms with van der Waals surface area (Å²) in [6, 6.07) is 6.60. The van der Waals surface area contributed by atoms with Gasteiger partial charge in [0.25, 0.3) is 0 Å². The molecule has 3 heteroatoms. The Kier molecular flexibility index (Phi) is 3.92. The van der Waals surface area contributed by atoms with E-state index in [2.05, 4.69) is 42.3 Å². The van der Waals surface area contributed by atoms with E-state index >= 15 is 0 Å². The third-order valence-corrected chi connectivity index (χ3v) is 3.79. The van der Waals surface area contributed by atoms with Gasteiger partial charge in [-0.1, -0.05) is 23.8 Å². The Hall–Kier alpha value is -1.19. The van der Waals surface area contributed by atoms with E-state index in [9.17, 15) is 0 Å². The van der Waals surface area contributed by atoms with Crippen molar-refractivity contribution in [1.82, 2.24) is 10.3 Å². The average Bonchev–Trinajstić information content (AvgIpc) is 2.77. The van der Waals surface area contributed by atoms with E-state index in [0.717, 1.165) is 13.0 Å². The third-order valence-electron chi connectivity index (χ3n) is 2.89. The predicted molar refractivity (Wildman–Crippen MR) is 74.7 cm³/mol. The van der Waals surface area contributed by atoms with Crippen molar-refractivity contribution in [3.63, 3.8) is 0 Å². The van der Waals surface area contributed by atoms with Crippen LogP contribution in [0.3, 0.4) is 0 Å². The molecule has 0 spiro atoms. The molecule has 1 heterocycles. The summed E-state index contributed by atoms with van der Waals surface area (Å²) >= 11 is 1.74. The van der Waals surface area contributed by atoms with Gasteiger partial charge in [-0.2, -0.15) is 0 Å². The number of thiazole rings is 1. The topological polar surface area (TPSA) is 24.9 Å². The summed E-state index contributed by atoms with van der Waals surface area (Å²) in [6.45, 7) is 5.27. The molecule has 17 heavy (non-hydrogen) atoms. The molecule has 0 amide bonds. The fourth-order valence-corrected chi connectivity index (χ4v) is 2.81. The molecule has 2 nitrogen and oxygen atoms in total. The summed E-state index contributed by atoms with van der Waals surface area (Å²) in [4.78, 5) is 5.80. The number of hydrogen-bond donors (Lipinski definition) is 1. The molecule has 0 atom stereocenters. The summed E-state index contributed by atoms with van der Waals surface area (Å²) in [6.07, 6.45) is 0.989. The van der Waals surface area contributed by atoms with Gasteiger partial charge < -0.3 is 5.32 Å². The Labute approximate surface area is 107 Å². The first-order valence-corrected chi connectivity index (χ1v) is 6.75. The normalized spacial score (nSPS) is 10.8. The van der Waals surface area contributed by atoms with Crippen molar-refractivity contribution in [2.75, 3.05) is 13.6 Å². The van der Waals surface area contributed by atoms with E-state index in [4.69, 9.17) is 0 Å². The number of benzene rings is 1. The SMILES string of the molecule is CNCCc1ncsc1-c1cc(C)ccc1C. The van der Waals surface area contributed by atoms with Crippen molar-refractivity contribution < 1.29 is 0 Å². The van der Waals surface area contributed by atoms with E-state index in [1.54, 1.807) is 11.3 Å². The molecule has 2 rings (SSSR count). The van der Waals surface area contributed by atoms with Crippen molar-refractivity contribution in [1.29, 1.82) is 0 Å². The van der Waals surface area contributed by atoms with Crippen LogP contribution in [0.15, 0.2) is 23.7 Å². The maximum absolute atomic E-state index is 4.48. The van der Waals surface area contributed by atoms with Crippen LogP contribution in [0.2, 0.25) is 0 Å². The van der Waals surface area contributed by atoms with Crippen LogP contribution in [0.4, 0.5) is 0 Å². The Balaban J connectivity index is 2.38. The monoisotopic (exact) mass is 246 g/mol. The van der Waals surface area contributed by atoms with Crippen LogP contribution in [0, 0.1) is 13.8 Å². The number of aryl methyl sites for hydroxylation is 2. The highest BCUT2D eigenvalue weighted by molar-refractivity contribution is 7.13. The van der Waals surface area contributed by atoms with Gasteiger partial charge in [0, 0.05) is 13.0 Å². The number of nitrogens with zero attached hydrogens (tertiary/aromatic N) is 1. The van der Waals surface area contributed by atoms with Gasteiger partial charge in [0.2, 0.25) is 0 Å². The number of hydrogen-bond acceptors (Lipinski definition) is 3. The molecule has 0 fully saturated rings. The van der Waals surface area contributed by atoms with Gasteiger partial charge in [-0.15, -0.1) is 11.3 Å². The van der Waals surface area contributed by atoms with Crippen LogP contribution < -0.4 is 5.32 Å². The lowest BCUT2D eigenvalue weighted by molar-refractivity contribution is 0.781. The lowest BCUT2D eigenvalue weighted by Crippen LogP contribution is -2.10. The van der Waals surface area contributed by atoms with Crippen LogP contribution >= 0.6 is 11.3 Å². The van der Waals surface area contributed by atoms with Gasteiger partial charge >= 0.3 is 0 Å². The first-order chi connectivity index (χ1) is 8.22. The van der Waals surface area contributed by atoms with Crippen LogP contribution in [0.5, 0.6) is 0 Å². The number of aromatic nitrogens is 1. The van der Waals surface area contributed by atoms with Crippen LogP contribution in [-0.2, 0) is 6.42 Å². The highest BCUT2D eigenvalue weighted by Gasteiger charge is 2.10. The molecule has 0 unspecified atom stereocenters. The molecule has 0 aliphatic heterocycles. The molecule has 1 N–H and O–H groups in total. The molecular weight excluding hydrogens is 228 g/mol. The van der Waals surface area contributed by atoms with E-state index in [1.807, 2.05) is 12.6 Å². The first-order valence-electron chi connectivity index (χ1n) is 5.87. The minimum absolute atomic E-state index is 0.974. The summed E-state index contributed by atoms with van der Waals surface area (Å²) < 4.78 is 0. The zero-order chi connectivity index (χ0) is 12.3.